The Hall–Kier alpha value is -1.49. The van der Waals surface area contributed by atoms with Crippen LogP contribution in [0.2, 0.25) is 0 Å². The molecule has 0 bridgehead atoms. The molecule has 1 aliphatic rings. The summed E-state index contributed by atoms with van der Waals surface area (Å²) in [5.74, 6) is 0. The second-order valence-electron chi connectivity index (χ2n) is 4.52. The zero-order chi connectivity index (χ0) is 12.1. The van der Waals surface area contributed by atoms with Crippen molar-refractivity contribution in [1.82, 2.24) is 9.88 Å². The van der Waals surface area contributed by atoms with Crippen molar-refractivity contribution < 1.29 is 0 Å². The molecule has 0 atom stereocenters. The Morgan fingerprint density at radius 1 is 1.12 bits per heavy atom. The lowest BCUT2D eigenvalue weighted by molar-refractivity contribution is 0.237. The Kier molecular flexibility index (Phi) is 4.03. The van der Waals surface area contributed by atoms with Crippen LogP contribution < -0.4 is 16.8 Å². The molecule has 2 rings (SSSR count). The number of piperidine rings is 1. The smallest absolute Gasteiger partial charge is 0.0839 e. The number of nitrogens with one attached hydrogen (secondary N) is 1. The molecule has 17 heavy (non-hydrogen) atoms. The van der Waals surface area contributed by atoms with Gasteiger partial charge in [-0.1, -0.05) is 6.42 Å². The van der Waals surface area contributed by atoms with Gasteiger partial charge in [-0.2, -0.15) is 0 Å². The lowest BCUT2D eigenvalue weighted by Gasteiger charge is -2.26. The van der Waals surface area contributed by atoms with Crippen LogP contribution in [0, 0.1) is 0 Å². The molecular formula is C12H21N5. The molecule has 94 valence electrons. The Balaban J connectivity index is 1.81. The third-order valence-electron chi connectivity index (χ3n) is 3.18. The van der Waals surface area contributed by atoms with Crippen LogP contribution in [0.3, 0.4) is 0 Å². The van der Waals surface area contributed by atoms with E-state index in [0.717, 1.165) is 18.8 Å². The maximum Gasteiger partial charge on any atom is 0.0839 e. The summed E-state index contributed by atoms with van der Waals surface area (Å²) >= 11 is 0. The highest BCUT2D eigenvalue weighted by atomic mass is 15.1. The molecule has 0 aromatic carbocycles. The van der Waals surface area contributed by atoms with Gasteiger partial charge in [0.15, 0.2) is 0 Å². The molecule has 1 aromatic rings. The molecule has 1 aromatic heterocycles. The third-order valence-corrected chi connectivity index (χ3v) is 3.18. The summed E-state index contributed by atoms with van der Waals surface area (Å²) in [5, 5.41) is 3.30. The molecule has 5 heteroatoms. The number of nitrogen functional groups attached to an aromatic ring is 2. The fraction of sp³-hybridized carbons (Fsp3) is 0.583. The first kappa shape index (κ1) is 12.0. The Morgan fingerprint density at radius 3 is 2.41 bits per heavy atom. The molecule has 1 saturated heterocycles. The molecule has 1 fully saturated rings. The van der Waals surface area contributed by atoms with Gasteiger partial charge in [-0.05, 0) is 25.9 Å². The highest BCUT2D eigenvalue weighted by molar-refractivity contribution is 5.77. The van der Waals surface area contributed by atoms with Crippen LogP contribution in [0.5, 0.6) is 0 Å². The molecule has 2 heterocycles. The largest absolute Gasteiger partial charge is 0.396 e. The minimum absolute atomic E-state index is 0.614. The highest BCUT2D eigenvalue weighted by Gasteiger charge is 2.10. The molecule has 0 unspecified atom stereocenters. The number of pyridine rings is 1. The lowest BCUT2D eigenvalue weighted by Crippen LogP contribution is -2.33. The summed E-state index contributed by atoms with van der Waals surface area (Å²) < 4.78 is 0. The fourth-order valence-corrected chi connectivity index (χ4v) is 2.22. The summed E-state index contributed by atoms with van der Waals surface area (Å²) in [7, 11) is 0. The Bertz CT molecular complexity index is 340. The average molecular weight is 235 g/mol. The molecule has 0 spiro atoms. The van der Waals surface area contributed by atoms with Gasteiger partial charge in [0.2, 0.25) is 0 Å². The van der Waals surface area contributed by atoms with Crippen molar-refractivity contribution in [2.45, 2.75) is 19.3 Å². The van der Waals surface area contributed by atoms with Crippen molar-refractivity contribution in [3.05, 3.63) is 12.4 Å². The van der Waals surface area contributed by atoms with Crippen LogP contribution in [0.1, 0.15) is 19.3 Å². The van der Waals surface area contributed by atoms with Gasteiger partial charge in [-0.25, -0.2) is 0 Å². The topological polar surface area (TPSA) is 80.2 Å². The van der Waals surface area contributed by atoms with E-state index < -0.39 is 0 Å². The third kappa shape index (κ3) is 3.23. The van der Waals surface area contributed by atoms with Crippen LogP contribution in [-0.4, -0.2) is 36.1 Å². The van der Waals surface area contributed by atoms with E-state index in [-0.39, 0.29) is 0 Å². The van der Waals surface area contributed by atoms with E-state index in [4.69, 9.17) is 11.5 Å². The summed E-state index contributed by atoms with van der Waals surface area (Å²) in [4.78, 5) is 6.42. The lowest BCUT2D eigenvalue weighted by atomic mass is 10.1. The highest BCUT2D eigenvalue weighted by Crippen LogP contribution is 2.23. The maximum absolute atomic E-state index is 5.82. The number of likely N-dealkylation sites (tertiary alicyclic amines) is 1. The second-order valence-corrected chi connectivity index (χ2v) is 4.52. The van der Waals surface area contributed by atoms with Gasteiger partial charge in [-0.3, -0.25) is 4.98 Å². The van der Waals surface area contributed by atoms with E-state index in [2.05, 4.69) is 15.2 Å². The van der Waals surface area contributed by atoms with Gasteiger partial charge < -0.3 is 21.7 Å². The molecule has 0 radical (unpaired) electrons. The first-order valence-corrected chi connectivity index (χ1v) is 6.22. The molecule has 5 N–H and O–H groups in total. The average Bonchev–Trinajstić information content (AvgIpc) is 2.34. The van der Waals surface area contributed by atoms with E-state index in [9.17, 15) is 0 Å². The number of anilines is 3. The minimum Gasteiger partial charge on any atom is -0.396 e. The van der Waals surface area contributed by atoms with Gasteiger partial charge in [0, 0.05) is 13.1 Å². The number of rotatable bonds is 4. The minimum atomic E-state index is 0.614. The van der Waals surface area contributed by atoms with Crippen molar-refractivity contribution in [2.24, 2.45) is 0 Å². The summed E-state index contributed by atoms with van der Waals surface area (Å²) in [6, 6.07) is 0. The number of aromatic nitrogens is 1. The van der Waals surface area contributed by atoms with Crippen LogP contribution in [0.25, 0.3) is 0 Å². The first-order chi connectivity index (χ1) is 8.27. The van der Waals surface area contributed by atoms with E-state index in [1.165, 1.54) is 32.4 Å². The molecule has 0 amide bonds. The number of hydrogen-bond donors (Lipinski definition) is 3. The van der Waals surface area contributed by atoms with Crippen molar-refractivity contribution in [2.75, 3.05) is 43.0 Å². The Morgan fingerprint density at radius 2 is 1.76 bits per heavy atom. The summed E-state index contributed by atoms with van der Waals surface area (Å²) in [6.45, 7) is 4.34. The van der Waals surface area contributed by atoms with Crippen molar-refractivity contribution >= 4 is 17.1 Å². The van der Waals surface area contributed by atoms with Crippen molar-refractivity contribution in [1.29, 1.82) is 0 Å². The fourth-order valence-electron chi connectivity index (χ4n) is 2.22. The van der Waals surface area contributed by atoms with Crippen LogP contribution in [-0.2, 0) is 0 Å². The predicted octanol–water partition coefficient (Wildman–Crippen LogP) is 1.14. The van der Waals surface area contributed by atoms with Crippen LogP contribution >= 0.6 is 0 Å². The van der Waals surface area contributed by atoms with Crippen LogP contribution in [0.4, 0.5) is 17.1 Å². The van der Waals surface area contributed by atoms with E-state index in [1.54, 1.807) is 12.4 Å². The Labute approximate surface area is 102 Å². The second kappa shape index (κ2) is 5.72. The van der Waals surface area contributed by atoms with E-state index in [0.29, 0.717) is 11.4 Å². The SMILES string of the molecule is Nc1cncc(N)c1NCCN1CCCCC1. The predicted molar refractivity (Wildman–Crippen MR) is 71.8 cm³/mol. The van der Waals surface area contributed by atoms with Gasteiger partial charge in [0.1, 0.15) is 0 Å². The number of nitrogens with two attached hydrogens (primary N) is 2. The zero-order valence-corrected chi connectivity index (χ0v) is 10.2. The van der Waals surface area contributed by atoms with E-state index >= 15 is 0 Å². The van der Waals surface area contributed by atoms with Gasteiger partial charge in [0.25, 0.3) is 0 Å². The standard InChI is InChI=1S/C12H21N5/c13-10-8-15-9-11(14)12(10)16-4-7-17-5-2-1-3-6-17/h8-9H,1-7,13-14H2,(H,15,16). The van der Waals surface area contributed by atoms with Gasteiger partial charge >= 0.3 is 0 Å². The van der Waals surface area contributed by atoms with Crippen LogP contribution in [0.15, 0.2) is 12.4 Å². The van der Waals surface area contributed by atoms with E-state index in [1.807, 2.05) is 0 Å². The molecule has 1 aliphatic heterocycles. The summed E-state index contributed by atoms with van der Waals surface area (Å²) in [6.07, 6.45) is 7.26. The van der Waals surface area contributed by atoms with Gasteiger partial charge in [0.05, 0.1) is 29.5 Å². The quantitative estimate of drug-likeness (QED) is 0.729. The molecule has 0 saturated carbocycles. The van der Waals surface area contributed by atoms with Crippen molar-refractivity contribution in [3.63, 3.8) is 0 Å². The zero-order valence-electron chi connectivity index (χ0n) is 10.2. The number of nitrogens with zero attached hydrogens (tertiary/aromatic N) is 2. The normalized spacial score (nSPS) is 16.9. The van der Waals surface area contributed by atoms with Gasteiger partial charge in [-0.15, -0.1) is 0 Å². The molecular weight excluding hydrogens is 214 g/mol. The molecule has 0 aliphatic carbocycles. The first-order valence-electron chi connectivity index (χ1n) is 6.22. The maximum atomic E-state index is 5.82. The monoisotopic (exact) mass is 235 g/mol. The molecule has 5 nitrogen and oxygen atoms in total. The summed E-state index contributed by atoms with van der Waals surface area (Å²) in [5.41, 5.74) is 13.7. The number of hydrogen-bond acceptors (Lipinski definition) is 5. The van der Waals surface area contributed by atoms with Crippen molar-refractivity contribution in [3.8, 4) is 0 Å².